The zero-order valence-corrected chi connectivity index (χ0v) is 12.7. The summed E-state index contributed by atoms with van der Waals surface area (Å²) in [5, 5.41) is 0. The number of hydrogen-bond donors (Lipinski definition) is 0. The SMILES string of the molecule is CCOc1ccc(OCCCOc2ccccc2C=O)cc1. The lowest BCUT2D eigenvalue weighted by molar-refractivity contribution is 0.111. The van der Waals surface area contributed by atoms with Crippen molar-refractivity contribution in [2.75, 3.05) is 19.8 Å². The zero-order valence-electron chi connectivity index (χ0n) is 12.7. The molecule has 22 heavy (non-hydrogen) atoms. The van der Waals surface area contributed by atoms with Crippen LogP contribution in [-0.2, 0) is 0 Å². The molecule has 0 saturated heterocycles. The van der Waals surface area contributed by atoms with Crippen molar-refractivity contribution in [3.05, 3.63) is 54.1 Å². The van der Waals surface area contributed by atoms with Crippen molar-refractivity contribution in [3.8, 4) is 17.2 Å². The number of rotatable bonds is 9. The Bertz CT molecular complexity index is 578. The number of carbonyl (C=O) groups excluding carboxylic acids is 1. The quantitative estimate of drug-likeness (QED) is 0.522. The van der Waals surface area contributed by atoms with Crippen molar-refractivity contribution in [3.63, 3.8) is 0 Å². The Morgan fingerprint density at radius 1 is 0.864 bits per heavy atom. The first-order valence-corrected chi connectivity index (χ1v) is 7.36. The minimum Gasteiger partial charge on any atom is -0.494 e. The molecule has 0 heterocycles. The fraction of sp³-hybridized carbons (Fsp3) is 0.278. The third kappa shape index (κ3) is 4.81. The van der Waals surface area contributed by atoms with E-state index >= 15 is 0 Å². The molecular formula is C18H20O4. The third-order valence-corrected chi connectivity index (χ3v) is 3.00. The van der Waals surface area contributed by atoms with Gasteiger partial charge < -0.3 is 14.2 Å². The van der Waals surface area contributed by atoms with Crippen LogP contribution in [-0.4, -0.2) is 26.1 Å². The van der Waals surface area contributed by atoms with E-state index in [2.05, 4.69) is 0 Å². The first kappa shape index (κ1) is 15.9. The summed E-state index contributed by atoms with van der Waals surface area (Å²) in [5.74, 6) is 2.25. The topological polar surface area (TPSA) is 44.8 Å². The first-order chi connectivity index (χ1) is 10.8. The molecular weight excluding hydrogens is 280 g/mol. The van der Waals surface area contributed by atoms with Crippen LogP contribution in [0.15, 0.2) is 48.5 Å². The molecule has 0 aliphatic carbocycles. The maximum absolute atomic E-state index is 10.9. The number of hydrogen-bond acceptors (Lipinski definition) is 4. The number of carbonyl (C=O) groups is 1. The average molecular weight is 300 g/mol. The Hall–Kier alpha value is -2.49. The fourth-order valence-electron chi connectivity index (χ4n) is 1.94. The number of ether oxygens (including phenoxy) is 3. The maximum atomic E-state index is 10.9. The predicted molar refractivity (Wildman–Crippen MR) is 85.0 cm³/mol. The number of aldehydes is 1. The lowest BCUT2D eigenvalue weighted by Crippen LogP contribution is -2.06. The van der Waals surface area contributed by atoms with Gasteiger partial charge in [0.05, 0.1) is 25.4 Å². The molecule has 0 amide bonds. The van der Waals surface area contributed by atoms with Crippen LogP contribution in [0, 0.1) is 0 Å². The summed E-state index contributed by atoms with van der Waals surface area (Å²) in [5.41, 5.74) is 0.565. The van der Waals surface area contributed by atoms with E-state index in [9.17, 15) is 4.79 Å². The number of para-hydroxylation sites is 1. The van der Waals surface area contributed by atoms with E-state index in [1.807, 2.05) is 43.3 Å². The second-order valence-corrected chi connectivity index (χ2v) is 4.61. The van der Waals surface area contributed by atoms with Gasteiger partial charge in [-0.1, -0.05) is 12.1 Å². The molecule has 4 nitrogen and oxygen atoms in total. The third-order valence-electron chi connectivity index (χ3n) is 3.00. The highest BCUT2D eigenvalue weighted by Gasteiger charge is 2.01. The highest BCUT2D eigenvalue weighted by atomic mass is 16.5. The standard InChI is InChI=1S/C18H20O4/c1-2-20-16-8-10-17(11-9-16)21-12-5-13-22-18-7-4-3-6-15(18)14-19/h3-4,6-11,14H,2,5,12-13H2,1H3. The number of benzene rings is 2. The van der Waals surface area contributed by atoms with Crippen molar-refractivity contribution in [2.24, 2.45) is 0 Å². The Kier molecular flexibility index (Phi) is 6.30. The Balaban J connectivity index is 1.69. The van der Waals surface area contributed by atoms with Crippen LogP contribution in [0.25, 0.3) is 0 Å². The lowest BCUT2D eigenvalue weighted by Gasteiger charge is -2.10. The summed E-state index contributed by atoms with van der Waals surface area (Å²) < 4.78 is 16.6. The van der Waals surface area contributed by atoms with Crippen LogP contribution in [0.3, 0.4) is 0 Å². The van der Waals surface area contributed by atoms with Crippen LogP contribution >= 0.6 is 0 Å². The molecule has 0 aromatic heterocycles. The van der Waals surface area contributed by atoms with Crippen molar-refractivity contribution in [1.29, 1.82) is 0 Å². The van der Waals surface area contributed by atoms with Gasteiger partial charge in [0.1, 0.15) is 17.2 Å². The van der Waals surface area contributed by atoms with Gasteiger partial charge in [-0.25, -0.2) is 0 Å². The minimum absolute atomic E-state index is 0.502. The predicted octanol–water partition coefficient (Wildman–Crippen LogP) is 3.75. The van der Waals surface area contributed by atoms with Gasteiger partial charge in [-0.05, 0) is 43.3 Å². The summed E-state index contributed by atoms with van der Waals surface area (Å²) in [6.45, 7) is 3.66. The minimum atomic E-state index is 0.502. The fourth-order valence-corrected chi connectivity index (χ4v) is 1.94. The Labute approximate surface area is 130 Å². The van der Waals surface area contributed by atoms with E-state index in [0.717, 1.165) is 24.2 Å². The molecule has 0 radical (unpaired) electrons. The normalized spacial score (nSPS) is 10.0. The maximum Gasteiger partial charge on any atom is 0.153 e. The van der Waals surface area contributed by atoms with E-state index in [0.29, 0.717) is 31.1 Å². The molecule has 0 aliphatic rings. The van der Waals surface area contributed by atoms with Crippen molar-refractivity contribution in [1.82, 2.24) is 0 Å². The van der Waals surface area contributed by atoms with E-state index < -0.39 is 0 Å². The van der Waals surface area contributed by atoms with Crippen LogP contribution in [0.4, 0.5) is 0 Å². The van der Waals surface area contributed by atoms with Crippen LogP contribution in [0.1, 0.15) is 23.7 Å². The molecule has 2 aromatic carbocycles. The van der Waals surface area contributed by atoms with Crippen molar-refractivity contribution in [2.45, 2.75) is 13.3 Å². The largest absolute Gasteiger partial charge is 0.494 e. The molecule has 116 valence electrons. The van der Waals surface area contributed by atoms with Gasteiger partial charge in [-0.2, -0.15) is 0 Å². The van der Waals surface area contributed by atoms with Gasteiger partial charge in [0.15, 0.2) is 6.29 Å². The van der Waals surface area contributed by atoms with Gasteiger partial charge in [0, 0.05) is 6.42 Å². The van der Waals surface area contributed by atoms with Crippen LogP contribution < -0.4 is 14.2 Å². The van der Waals surface area contributed by atoms with Gasteiger partial charge in [0.2, 0.25) is 0 Å². The molecule has 0 spiro atoms. The second-order valence-electron chi connectivity index (χ2n) is 4.61. The van der Waals surface area contributed by atoms with E-state index in [4.69, 9.17) is 14.2 Å². The zero-order chi connectivity index (χ0) is 15.6. The summed E-state index contributed by atoms with van der Waals surface area (Å²) in [4.78, 5) is 10.9. The Morgan fingerprint density at radius 3 is 2.18 bits per heavy atom. The molecule has 2 rings (SSSR count). The van der Waals surface area contributed by atoms with Crippen molar-refractivity contribution < 1.29 is 19.0 Å². The van der Waals surface area contributed by atoms with E-state index in [1.165, 1.54) is 0 Å². The summed E-state index contributed by atoms with van der Waals surface area (Å²) in [6, 6.07) is 14.7. The molecule has 0 bridgehead atoms. The van der Waals surface area contributed by atoms with Crippen LogP contribution in [0.5, 0.6) is 17.2 Å². The monoisotopic (exact) mass is 300 g/mol. The molecule has 2 aromatic rings. The van der Waals surface area contributed by atoms with Gasteiger partial charge in [-0.15, -0.1) is 0 Å². The molecule has 0 unspecified atom stereocenters. The molecule has 0 saturated carbocycles. The lowest BCUT2D eigenvalue weighted by atomic mass is 10.2. The summed E-state index contributed by atoms with van der Waals surface area (Å²) >= 11 is 0. The molecule has 0 N–H and O–H groups in total. The Morgan fingerprint density at radius 2 is 1.50 bits per heavy atom. The summed E-state index contributed by atoms with van der Waals surface area (Å²) in [6.07, 6.45) is 1.53. The van der Waals surface area contributed by atoms with Gasteiger partial charge in [-0.3, -0.25) is 4.79 Å². The highest BCUT2D eigenvalue weighted by molar-refractivity contribution is 5.79. The second kappa shape index (κ2) is 8.72. The first-order valence-electron chi connectivity index (χ1n) is 7.36. The van der Waals surface area contributed by atoms with E-state index in [1.54, 1.807) is 12.1 Å². The molecule has 0 aliphatic heterocycles. The average Bonchev–Trinajstić information content (AvgIpc) is 2.57. The van der Waals surface area contributed by atoms with Gasteiger partial charge in [0.25, 0.3) is 0 Å². The molecule has 0 atom stereocenters. The smallest absolute Gasteiger partial charge is 0.153 e. The molecule has 0 fully saturated rings. The van der Waals surface area contributed by atoms with Crippen LogP contribution in [0.2, 0.25) is 0 Å². The molecule has 4 heteroatoms. The summed E-state index contributed by atoms with van der Waals surface area (Å²) in [7, 11) is 0. The van der Waals surface area contributed by atoms with Crippen molar-refractivity contribution >= 4 is 6.29 Å². The highest BCUT2D eigenvalue weighted by Crippen LogP contribution is 2.18. The van der Waals surface area contributed by atoms with Gasteiger partial charge >= 0.3 is 0 Å². The van der Waals surface area contributed by atoms with E-state index in [-0.39, 0.29) is 0 Å².